The molecule has 60 valence electrons. The van der Waals surface area contributed by atoms with Crippen LogP contribution in [0.5, 0.6) is 0 Å². The summed E-state index contributed by atoms with van der Waals surface area (Å²) in [5.74, 6) is 0.120. The molecule has 0 spiro atoms. The van der Waals surface area contributed by atoms with Gasteiger partial charge < -0.3 is 9.45 Å². The maximum Gasteiger partial charge on any atom is 0.173 e. The molecule has 1 atom stereocenters. The highest BCUT2D eigenvalue weighted by atomic mass is 32.2. The molecule has 0 aliphatic carbocycles. The Balaban J connectivity index is 2.53. The van der Waals surface area contributed by atoms with E-state index < -0.39 is 11.1 Å². The van der Waals surface area contributed by atoms with Gasteiger partial charge in [-0.2, -0.15) is 0 Å². The molecule has 1 unspecified atom stereocenters. The molecule has 0 fully saturated rings. The van der Waals surface area contributed by atoms with Gasteiger partial charge in [0.1, 0.15) is 5.88 Å². The van der Waals surface area contributed by atoms with Gasteiger partial charge in [0.2, 0.25) is 0 Å². The molecular formula is C7H9NO2S. The van der Waals surface area contributed by atoms with E-state index in [-0.39, 0.29) is 5.88 Å². The first-order valence-corrected chi connectivity index (χ1v) is 4.41. The van der Waals surface area contributed by atoms with Crippen LogP contribution in [-0.2, 0) is 11.1 Å². The van der Waals surface area contributed by atoms with Crippen molar-refractivity contribution < 1.29 is 8.76 Å². The zero-order valence-corrected chi connectivity index (χ0v) is 6.70. The molecule has 1 heterocycles. The van der Waals surface area contributed by atoms with E-state index in [1.165, 1.54) is 0 Å². The molecule has 0 bridgehead atoms. The third-order valence-corrected chi connectivity index (χ3v) is 1.67. The van der Waals surface area contributed by atoms with Crippen LogP contribution in [0.15, 0.2) is 36.7 Å². The van der Waals surface area contributed by atoms with E-state index in [4.69, 9.17) is 4.55 Å². The first-order valence-electron chi connectivity index (χ1n) is 3.14. The highest BCUT2D eigenvalue weighted by molar-refractivity contribution is 7.79. The van der Waals surface area contributed by atoms with Crippen LogP contribution >= 0.6 is 0 Å². The van der Waals surface area contributed by atoms with Crippen molar-refractivity contribution in [2.24, 2.45) is 0 Å². The van der Waals surface area contributed by atoms with Crippen molar-refractivity contribution in [2.45, 2.75) is 0 Å². The number of hydrogen-bond donors (Lipinski definition) is 1. The van der Waals surface area contributed by atoms with Gasteiger partial charge in [-0.3, -0.25) is 0 Å². The summed E-state index contributed by atoms with van der Waals surface area (Å²) in [6, 6.07) is 0. The number of nitrogens with zero attached hydrogens (tertiary/aromatic N) is 1. The molecule has 1 rings (SSSR count). The highest BCUT2D eigenvalue weighted by Crippen LogP contribution is 1.98. The van der Waals surface area contributed by atoms with Crippen molar-refractivity contribution in [2.75, 3.05) is 5.88 Å². The van der Waals surface area contributed by atoms with Gasteiger partial charge in [0, 0.05) is 12.4 Å². The summed E-state index contributed by atoms with van der Waals surface area (Å²) >= 11 is -1.78. The van der Waals surface area contributed by atoms with E-state index in [2.05, 4.69) is 0 Å². The molecule has 11 heavy (non-hydrogen) atoms. The SMILES string of the molecule is O=S(O)CN1C=CC=CC=C1. The van der Waals surface area contributed by atoms with E-state index in [0.29, 0.717) is 0 Å². The Labute approximate surface area is 68.0 Å². The normalized spacial score (nSPS) is 18.5. The van der Waals surface area contributed by atoms with Crippen LogP contribution < -0.4 is 0 Å². The van der Waals surface area contributed by atoms with E-state index in [1.807, 2.05) is 24.3 Å². The van der Waals surface area contributed by atoms with Crippen LogP contribution in [0, 0.1) is 0 Å². The Morgan fingerprint density at radius 2 is 1.73 bits per heavy atom. The summed E-state index contributed by atoms with van der Waals surface area (Å²) in [5.41, 5.74) is 0. The smallest absolute Gasteiger partial charge is 0.173 e. The number of rotatable bonds is 2. The fraction of sp³-hybridized carbons (Fsp3) is 0.143. The standard InChI is InChI=1S/C7H9NO2S/c9-11(10)7-8-5-3-1-2-4-6-8/h1-6H,7H2,(H,9,10). The predicted octanol–water partition coefficient (Wildman–Crippen LogP) is 1.06. The van der Waals surface area contributed by atoms with Gasteiger partial charge in [-0.15, -0.1) is 0 Å². The average Bonchev–Trinajstić information content (AvgIpc) is 2.14. The van der Waals surface area contributed by atoms with Crippen molar-refractivity contribution in [3.63, 3.8) is 0 Å². The molecule has 0 saturated carbocycles. The Hall–Kier alpha value is -0.870. The minimum Gasteiger partial charge on any atom is -0.340 e. The Bertz CT molecular complexity index is 217. The van der Waals surface area contributed by atoms with Gasteiger partial charge in [-0.1, -0.05) is 12.2 Å². The third-order valence-electron chi connectivity index (χ3n) is 1.15. The van der Waals surface area contributed by atoms with Crippen LogP contribution in [0.3, 0.4) is 0 Å². The molecule has 0 aromatic heterocycles. The van der Waals surface area contributed by atoms with Gasteiger partial charge in [-0.05, 0) is 12.2 Å². The van der Waals surface area contributed by atoms with Crippen molar-refractivity contribution in [3.8, 4) is 0 Å². The van der Waals surface area contributed by atoms with Crippen molar-refractivity contribution in [1.82, 2.24) is 4.90 Å². The minimum absolute atomic E-state index is 0.120. The molecule has 4 heteroatoms. The molecule has 0 aromatic carbocycles. The summed E-state index contributed by atoms with van der Waals surface area (Å²) in [6.07, 6.45) is 10.8. The summed E-state index contributed by atoms with van der Waals surface area (Å²) in [6.45, 7) is 0. The second-order valence-corrected chi connectivity index (χ2v) is 2.93. The first kappa shape index (κ1) is 8.23. The predicted molar refractivity (Wildman–Crippen MR) is 44.9 cm³/mol. The Morgan fingerprint density at radius 3 is 2.18 bits per heavy atom. The topological polar surface area (TPSA) is 40.5 Å². The van der Waals surface area contributed by atoms with E-state index in [9.17, 15) is 4.21 Å². The monoisotopic (exact) mass is 171 g/mol. The Kier molecular flexibility index (Phi) is 3.07. The van der Waals surface area contributed by atoms with Gasteiger partial charge in [-0.25, -0.2) is 4.21 Å². The van der Waals surface area contributed by atoms with Gasteiger partial charge in [0.25, 0.3) is 0 Å². The van der Waals surface area contributed by atoms with Crippen LogP contribution in [0.25, 0.3) is 0 Å². The zero-order valence-electron chi connectivity index (χ0n) is 5.88. The summed E-state index contributed by atoms with van der Waals surface area (Å²) in [5, 5.41) is 0. The number of allylic oxidation sites excluding steroid dienone is 4. The fourth-order valence-electron chi connectivity index (χ4n) is 0.712. The second kappa shape index (κ2) is 4.10. The van der Waals surface area contributed by atoms with Gasteiger partial charge >= 0.3 is 0 Å². The van der Waals surface area contributed by atoms with Crippen molar-refractivity contribution >= 4 is 11.1 Å². The fourth-order valence-corrected chi connectivity index (χ4v) is 1.14. The molecule has 0 amide bonds. The van der Waals surface area contributed by atoms with Gasteiger partial charge in [0.05, 0.1) is 0 Å². The average molecular weight is 171 g/mol. The van der Waals surface area contributed by atoms with Crippen LogP contribution in [-0.4, -0.2) is 19.5 Å². The summed E-state index contributed by atoms with van der Waals surface area (Å²) < 4.78 is 18.9. The lowest BCUT2D eigenvalue weighted by atomic mass is 10.5. The van der Waals surface area contributed by atoms with E-state index in [1.54, 1.807) is 17.3 Å². The van der Waals surface area contributed by atoms with E-state index in [0.717, 1.165) is 0 Å². The highest BCUT2D eigenvalue weighted by Gasteiger charge is 1.98. The van der Waals surface area contributed by atoms with Crippen LogP contribution in [0.1, 0.15) is 0 Å². The third kappa shape index (κ3) is 3.15. The largest absolute Gasteiger partial charge is 0.340 e. The summed E-state index contributed by atoms with van der Waals surface area (Å²) in [7, 11) is 0. The zero-order chi connectivity index (χ0) is 8.10. The maximum absolute atomic E-state index is 10.4. The van der Waals surface area contributed by atoms with Crippen molar-refractivity contribution in [1.29, 1.82) is 0 Å². The molecule has 1 aliphatic rings. The molecular weight excluding hydrogens is 162 g/mol. The van der Waals surface area contributed by atoms with Gasteiger partial charge in [0.15, 0.2) is 11.1 Å². The van der Waals surface area contributed by atoms with Crippen molar-refractivity contribution in [3.05, 3.63) is 36.7 Å². The lowest BCUT2D eigenvalue weighted by Crippen LogP contribution is -2.14. The van der Waals surface area contributed by atoms with Crippen LogP contribution in [0.4, 0.5) is 0 Å². The lowest BCUT2D eigenvalue weighted by molar-refractivity contribution is 0.518. The molecule has 1 aliphatic heterocycles. The minimum atomic E-state index is -1.78. The second-order valence-electron chi connectivity index (χ2n) is 2.03. The lowest BCUT2D eigenvalue weighted by Gasteiger charge is -2.10. The van der Waals surface area contributed by atoms with E-state index >= 15 is 0 Å². The Morgan fingerprint density at radius 1 is 1.18 bits per heavy atom. The molecule has 3 nitrogen and oxygen atoms in total. The molecule has 1 N–H and O–H groups in total. The first-order chi connectivity index (χ1) is 5.29. The summed E-state index contributed by atoms with van der Waals surface area (Å²) in [4.78, 5) is 1.65. The molecule has 0 saturated heterocycles. The number of hydrogen-bond acceptors (Lipinski definition) is 2. The molecule has 0 radical (unpaired) electrons. The quantitative estimate of drug-likeness (QED) is 0.632. The van der Waals surface area contributed by atoms with Crippen LogP contribution in [0.2, 0.25) is 0 Å². The maximum atomic E-state index is 10.4. The molecule has 0 aromatic rings.